The highest BCUT2D eigenvalue weighted by Gasteiger charge is 2.04. The fourth-order valence-electron chi connectivity index (χ4n) is 1.73. The van der Waals surface area contributed by atoms with E-state index in [-0.39, 0.29) is 5.91 Å². The lowest BCUT2D eigenvalue weighted by Gasteiger charge is -2.04. The smallest absolute Gasteiger partial charge is 0.267 e. The Balaban J connectivity index is 2.11. The topological polar surface area (TPSA) is 41.5 Å². The molecule has 102 valence electrons. The van der Waals surface area contributed by atoms with Crippen molar-refractivity contribution in [1.82, 2.24) is 5.43 Å². The monoisotopic (exact) mass is 266 g/mol. The highest BCUT2D eigenvalue weighted by molar-refractivity contribution is 5.95. The van der Waals surface area contributed by atoms with Gasteiger partial charge in [0.15, 0.2) is 0 Å². The molecule has 0 aromatic heterocycles. The summed E-state index contributed by atoms with van der Waals surface area (Å²) in [7, 11) is 0. The van der Waals surface area contributed by atoms with Gasteiger partial charge < -0.3 is 0 Å². The normalized spacial score (nSPS) is 11.2. The fraction of sp³-hybridized carbons (Fsp3) is 0.176. The highest BCUT2D eigenvalue weighted by atomic mass is 16.2. The Morgan fingerprint density at radius 1 is 1.00 bits per heavy atom. The molecule has 0 radical (unpaired) electrons. The molecular weight excluding hydrogens is 248 g/mol. The van der Waals surface area contributed by atoms with E-state index in [0.717, 1.165) is 23.3 Å². The molecule has 0 aliphatic rings. The van der Waals surface area contributed by atoms with E-state index >= 15 is 0 Å². The van der Waals surface area contributed by atoms with Gasteiger partial charge in [0.05, 0.1) is 0 Å². The van der Waals surface area contributed by atoms with E-state index in [9.17, 15) is 4.79 Å². The number of carbonyl (C=O) groups is 1. The molecule has 0 heterocycles. The van der Waals surface area contributed by atoms with E-state index in [4.69, 9.17) is 0 Å². The van der Waals surface area contributed by atoms with Crippen molar-refractivity contribution in [2.45, 2.75) is 20.3 Å². The maximum atomic E-state index is 11.9. The van der Waals surface area contributed by atoms with Crippen LogP contribution < -0.4 is 5.43 Å². The molecule has 3 heteroatoms. The molecule has 2 aromatic rings. The SMILES string of the molecule is CCC(C)=NNC(=O)c1ccc(-c2ccccc2)cc1. The second-order valence-electron chi connectivity index (χ2n) is 4.58. The van der Waals surface area contributed by atoms with E-state index in [1.54, 1.807) is 0 Å². The third-order valence-electron chi connectivity index (χ3n) is 3.11. The number of amides is 1. The van der Waals surface area contributed by atoms with E-state index < -0.39 is 0 Å². The van der Waals surface area contributed by atoms with Crippen molar-refractivity contribution in [3.05, 3.63) is 60.2 Å². The first-order chi connectivity index (χ1) is 9.70. The van der Waals surface area contributed by atoms with Crippen molar-refractivity contribution in [3.63, 3.8) is 0 Å². The molecule has 0 aliphatic carbocycles. The molecule has 0 atom stereocenters. The fourth-order valence-corrected chi connectivity index (χ4v) is 1.73. The van der Waals surface area contributed by atoms with Crippen molar-refractivity contribution in [3.8, 4) is 11.1 Å². The number of hydrazone groups is 1. The van der Waals surface area contributed by atoms with E-state index in [0.29, 0.717) is 5.56 Å². The first-order valence-electron chi connectivity index (χ1n) is 6.69. The molecule has 0 aliphatic heterocycles. The third-order valence-corrected chi connectivity index (χ3v) is 3.11. The summed E-state index contributed by atoms with van der Waals surface area (Å²) in [5.74, 6) is -0.183. The Kier molecular flexibility index (Phi) is 4.66. The minimum atomic E-state index is -0.183. The average molecular weight is 266 g/mol. The number of hydrogen-bond acceptors (Lipinski definition) is 2. The van der Waals surface area contributed by atoms with Gasteiger partial charge in [-0.25, -0.2) is 5.43 Å². The summed E-state index contributed by atoms with van der Waals surface area (Å²) in [5, 5.41) is 4.02. The van der Waals surface area contributed by atoms with E-state index in [1.807, 2.05) is 68.4 Å². The summed E-state index contributed by atoms with van der Waals surface area (Å²) >= 11 is 0. The maximum Gasteiger partial charge on any atom is 0.271 e. The number of carbonyl (C=O) groups excluding carboxylic acids is 1. The van der Waals surface area contributed by atoms with Gasteiger partial charge in [-0.15, -0.1) is 0 Å². The Morgan fingerprint density at radius 2 is 1.60 bits per heavy atom. The summed E-state index contributed by atoms with van der Waals surface area (Å²) in [5.41, 5.74) is 6.30. The summed E-state index contributed by atoms with van der Waals surface area (Å²) < 4.78 is 0. The van der Waals surface area contributed by atoms with Crippen LogP contribution in [-0.2, 0) is 0 Å². The number of benzene rings is 2. The van der Waals surface area contributed by atoms with Crippen LogP contribution in [0.1, 0.15) is 30.6 Å². The van der Waals surface area contributed by atoms with Crippen molar-refractivity contribution in [2.24, 2.45) is 5.10 Å². The van der Waals surface area contributed by atoms with Crippen LogP contribution in [0.2, 0.25) is 0 Å². The number of hydrogen-bond donors (Lipinski definition) is 1. The van der Waals surface area contributed by atoms with Crippen molar-refractivity contribution in [1.29, 1.82) is 0 Å². The largest absolute Gasteiger partial charge is 0.271 e. The minimum Gasteiger partial charge on any atom is -0.267 e. The first kappa shape index (κ1) is 14.0. The maximum absolute atomic E-state index is 11.9. The van der Waals surface area contributed by atoms with Crippen LogP contribution in [0, 0.1) is 0 Å². The van der Waals surface area contributed by atoms with Gasteiger partial charge in [0.25, 0.3) is 5.91 Å². The Bertz CT molecular complexity index is 601. The zero-order valence-corrected chi connectivity index (χ0v) is 11.8. The van der Waals surface area contributed by atoms with Crippen LogP contribution in [0.15, 0.2) is 59.7 Å². The van der Waals surface area contributed by atoms with Crippen LogP contribution >= 0.6 is 0 Å². The van der Waals surface area contributed by atoms with E-state index in [1.165, 1.54) is 0 Å². The summed E-state index contributed by atoms with van der Waals surface area (Å²) in [4.78, 5) is 11.9. The van der Waals surface area contributed by atoms with Crippen LogP contribution in [0.25, 0.3) is 11.1 Å². The number of nitrogens with zero attached hydrogens (tertiary/aromatic N) is 1. The first-order valence-corrected chi connectivity index (χ1v) is 6.69. The highest BCUT2D eigenvalue weighted by Crippen LogP contribution is 2.19. The molecule has 0 saturated carbocycles. The molecule has 0 unspecified atom stereocenters. The molecule has 20 heavy (non-hydrogen) atoms. The minimum absolute atomic E-state index is 0.183. The van der Waals surface area contributed by atoms with Crippen molar-refractivity contribution >= 4 is 11.6 Å². The molecule has 0 bridgehead atoms. The zero-order valence-electron chi connectivity index (χ0n) is 11.8. The lowest BCUT2D eigenvalue weighted by Crippen LogP contribution is -2.18. The van der Waals surface area contributed by atoms with Gasteiger partial charge in [-0.2, -0.15) is 5.10 Å². The molecule has 0 spiro atoms. The van der Waals surface area contributed by atoms with Gasteiger partial charge in [-0.05, 0) is 36.6 Å². The van der Waals surface area contributed by atoms with Crippen LogP contribution in [0.3, 0.4) is 0 Å². The van der Waals surface area contributed by atoms with Crippen molar-refractivity contribution in [2.75, 3.05) is 0 Å². The Morgan fingerprint density at radius 3 is 2.20 bits per heavy atom. The quantitative estimate of drug-likeness (QED) is 0.662. The van der Waals surface area contributed by atoms with Gasteiger partial charge in [-0.1, -0.05) is 49.4 Å². The van der Waals surface area contributed by atoms with Gasteiger partial charge in [0, 0.05) is 11.3 Å². The van der Waals surface area contributed by atoms with Crippen LogP contribution in [0.4, 0.5) is 0 Å². The predicted octanol–water partition coefficient (Wildman–Crippen LogP) is 3.87. The van der Waals surface area contributed by atoms with Crippen LogP contribution in [0.5, 0.6) is 0 Å². The second kappa shape index (κ2) is 6.66. The second-order valence-corrected chi connectivity index (χ2v) is 4.58. The lowest BCUT2D eigenvalue weighted by atomic mass is 10.0. The number of nitrogens with one attached hydrogen (secondary N) is 1. The van der Waals surface area contributed by atoms with Gasteiger partial charge >= 0.3 is 0 Å². The predicted molar refractivity (Wildman–Crippen MR) is 82.7 cm³/mol. The number of rotatable bonds is 4. The standard InChI is InChI=1S/C17H18N2O/c1-3-13(2)18-19-17(20)16-11-9-15(10-12-16)14-7-5-4-6-8-14/h4-12H,3H2,1-2H3,(H,19,20). The average Bonchev–Trinajstić information content (AvgIpc) is 2.53. The Hall–Kier alpha value is -2.42. The molecule has 0 fully saturated rings. The van der Waals surface area contributed by atoms with Gasteiger partial charge in [0.2, 0.25) is 0 Å². The molecule has 2 rings (SSSR count). The van der Waals surface area contributed by atoms with Crippen LogP contribution in [-0.4, -0.2) is 11.6 Å². The molecular formula is C17H18N2O. The zero-order chi connectivity index (χ0) is 14.4. The van der Waals surface area contributed by atoms with Crippen molar-refractivity contribution < 1.29 is 4.79 Å². The molecule has 0 saturated heterocycles. The summed E-state index contributed by atoms with van der Waals surface area (Å²) in [6.07, 6.45) is 0.827. The molecule has 1 N–H and O–H groups in total. The lowest BCUT2D eigenvalue weighted by molar-refractivity contribution is 0.0954. The molecule has 1 amide bonds. The van der Waals surface area contributed by atoms with E-state index in [2.05, 4.69) is 10.5 Å². The Labute approximate surface area is 119 Å². The molecule has 2 aromatic carbocycles. The van der Waals surface area contributed by atoms with Gasteiger partial charge in [-0.3, -0.25) is 4.79 Å². The third kappa shape index (κ3) is 3.54. The molecule has 3 nitrogen and oxygen atoms in total. The van der Waals surface area contributed by atoms with Gasteiger partial charge in [0.1, 0.15) is 0 Å². The summed E-state index contributed by atoms with van der Waals surface area (Å²) in [6.45, 7) is 3.89. The summed E-state index contributed by atoms with van der Waals surface area (Å²) in [6, 6.07) is 17.6.